The normalized spacial score (nSPS) is 17.8. The minimum absolute atomic E-state index is 0.0810. The third-order valence-corrected chi connectivity index (χ3v) is 6.69. The van der Waals surface area contributed by atoms with Crippen LogP contribution in [0.2, 0.25) is 0 Å². The van der Waals surface area contributed by atoms with Crippen LogP contribution in [0.15, 0.2) is 26.6 Å². The van der Waals surface area contributed by atoms with E-state index in [1.807, 2.05) is 0 Å². The highest BCUT2D eigenvalue weighted by molar-refractivity contribution is 9.10. The first kappa shape index (κ1) is 24.3. The Labute approximate surface area is 197 Å². The molecular formula is C22H33BrN6O3. The lowest BCUT2D eigenvalue weighted by Crippen LogP contribution is -2.58. The molecule has 10 heteroatoms. The molecule has 0 unspecified atom stereocenters. The Balaban J connectivity index is 1.88. The molecule has 0 atom stereocenters. The molecule has 1 spiro atoms. The van der Waals surface area contributed by atoms with E-state index in [9.17, 15) is 10.1 Å². The number of hydrogen-bond acceptors (Lipinski definition) is 8. The molecule has 4 N–H and O–H groups in total. The first-order valence-corrected chi connectivity index (χ1v) is 12.3. The summed E-state index contributed by atoms with van der Waals surface area (Å²) in [6.45, 7) is 2.74. The summed E-state index contributed by atoms with van der Waals surface area (Å²) in [6.07, 6.45) is 11.3. The van der Waals surface area contributed by atoms with Gasteiger partial charge in [0.05, 0.1) is 16.0 Å². The van der Waals surface area contributed by atoms with Crippen molar-refractivity contribution in [3.05, 3.63) is 26.7 Å². The predicted octanol–water partition coefficient (Wildman–Crippen LogP) is 5.21. The summed E-state index contributed by atoms with van der Waals surface area (Å²) < 4.78 is 6.54. The van der Waals surface area contributed by atoms with E-state index in [4.69, 9.17) is 16.2 Å². The van der Waals surface area contributed by atoms with Crippen molar-refractivity contribution < 1.29 is 9.66 Å². The maximum absolute atomic E-state index is 11.9. The zero-order valence-electron chi connectivity index (χ0n) is 18.7. The molecule has 1 aliphatic heterocycles. The Morgan fingerprint density at radius 2 is 1.84 bits per heavy atom. The monoisotopic (exact) mass is 508 g/mol. The van der Waals surface area contributed by atoms with Gasteiger partial charge in [0, 0.05) is 12.1 Å². The van der Waals surface area contributed by atoms with Crippen LogP contribution in [-0.2, 0) is 0 Å². The summed E-state index contributed by atoms with van der Waals surface area (Å²) >= 11 is 3.43. The lowest BCUT2D eigenvalue weighted by Gasteiger charge is -2.45. The maximum atomic E-state index is 11.9. The van der Waals surface area contributed by atoms with Crippen LogP contribution in [0.5, 0.6) is 5.75 Å². The van der Waals surface area contributed by atoms with E-state index in [0.29, 0.717) is 35.4 Å². The van der Waals surface area contributed by atoms with E-state index in [2.05, 4.69) is 32.8 Å². The molecule has 1 aromatic carbocycles. The summed E-state index contributed by atoms with van der Waals surface area (Å²) in [7, 11) is 0. The number of halogens is 1. The number of aliphatic imine (C=N–C) groups is 2. The van der Waals surface area contributed by atoms with Crippen molar-refractivity contribution in [2.75, 3.05) is 11.5 Å². The molecule has 176 valence electrons. The fraction of sp³-hybridized carbons (Fsp3) is 0.636. The number of ether oxygens (including phenoxy) is 1. The summed E-state index contributed by atoms with van der Waals surface area (Å²) in [6, 6.07) is 3.15. The Morgan fingerprint density at radius 1 is 1.16 bits per heavy atom. The predicted molar refractivity (Wildman–Crippen MR) is 131 cm³/mol. The van der Waals surface area contributed by atoms with Gasteiger partial charge >= 0.3 is 0 Å². The van der Waals surface area contributed by atoms with Gasteiger partial charge in [0.15, 0.2) is 0 Å². The van der Waals surface area contributed by atoms with E-state index < -0.39 is 10.6 Å². The number of benzene rings is 1. The van der Waals surface area contributed by atoms with E-state index in [1.165, 1.54) is 31.7 Å². The van der Waals surface area contributed by atoms with E-state index >= 15 is 0 Å². The summed E-state index contributed by atoms with van der Waals surface area (Å²) in [5.41, 5.74) is 11.7. The Bertz CT molecular complexity index is 883. The summed E-state index contributed by atoms with van der Waals surface area (Å²) in [5, 5.41) is 11.9. The van der Waals surface area contributed by atoms with Crippen molar-refractivity contribution in [3.63, 3.8) is 0 Å². The number of nitro benzene ring substituents is 1. The quantitative estimate of drug-likeness (QED) is 0.253. The van der Waals surface area contributed by atoms with Gasteiger partial charge in [0.2, 0.25) is 11.9 Å². The Kier molecular flexibility index (Phi) is 8.33. The molecule has 3 rings (SSSR count). The summed E-state index contributed by atoms with van der Waals surface area (Å²) in [5.74, 6) is 0.770. The van der Waals surface area contributed by atoms with E-state index in [1.54, 1.807) is 11.0 Å². The third-order valence-electron chi connectivity index (χ3n) is 6.07. The van der Waals surface area contributed by atoms with Crippen molar-refractivity contribution in [1.82, 2.24) is 0 Å². The second-order valence-electron chi connectivity index (χ2n) is 8.46. The first-order chi connectivity index (χ1) is 15.4. The van der Waals surface area contributed by atoms with Gasteiger partial charge in [-0.15, -0.1) is 0 Å². The number of unbranched alkanes of at least 4 members (excludes halogenated alkanes) is 5. The van der Waals surface area contributed by atoms with Crippen LogP contribution in [0, 0.1) is 10.1 Å². The van der Waals surface area contributed by atoms with Crippen LogP contribution in [0.3, 0.4) is 0 Å². The molecule has 0 radical (unpaired) electrons. The van der Waals surface area contributed by atoms with Gasteiger partial charge in [0.25, 0.3) is 5.69 Å². The van der Waals surface area contributed by atoms with Crippen LogP contribution < -0.4 is 21.1 Å². The van der Waals surface area contributed by atoms with Gasteiger partial charge in [-0.05, 0) is 48.0 Å². The zero-order valence-corrected chi connectivity index (χ0v) is 20.3. The first-order valence-electron chi connectivity index (χ1n) is 11.5. The molecule has 9 nitrogen and oxygen atoms in total. The van der Waals surface area contributed by atoms with Gasteiger partial charge in [-0.25, -0.2) is 4.99 Å². The maximum Gasteiger partial charge on any atom is 0.294 e. The van der Waals surface area contributed by atoms with Gasteiger partial charge in [0.1, 0.15) is 17.1 Å². The molecule has 0 amide bonds. The molecule has 0 bridgehead atoms. The second-order valence-corrected chi connectivity index (χ2v) is 9.32. The number of nitrogens with two attached hydrogens (primary N) is 2. The molecule has 2 aliphatic rings. The number of nitrogens with zero attached hydrogens (tertiary/aromatic N) is 4. The smallest absolute Gasteiger partial charge is 0.294 e. The minimum Gasteiger partial charge on any atom is -0.492 e. The molecule has 1 fully saturated rings. The van der Waals surface area contributed by atoms with E-state index in [-0.39, 0.29) is 17.6 Å². The lowest BCUT2D eigenvalue weighted by atomic mass is 9.87. The molecular weight excluding hydrogens is 476 g/mol. The molecule has 1 aromatic rings. The van der Waals surface area contributed by atoms with Crippen molar-refractivity contribution >= 4 is 39.2 Å². The largest absolute Gasteiger partial charge is 0.492 e. The summed E-state index contributed by atoms with van der Waals surface area (Å²) in [4.78, 5) is 22.0. The second kappa shape index (κ2) is 11.0. The average Bonchev–Trinajstić information content (AvgIpc) is 2.74. The van der Waals surface area contributed by atoms with Gasteiger partial charge in [-0.2, -0.15) is 4.99 Å². The van der Waals surface area contributed by atoms with Gasteiger partial charge in [-0.3, -0.25) is 15.0 Å². The van der Waals surface area contributed by atoms with Gasteiger partial charge in [-0.1, -0.05) is 45.4 Å². The minimum atomic E-state index is -0.761. The fourth-order valence-electron chi connectivity index (χ4n) is 4.50. The molecule has 1 heterocycles. The van der Waals surface area contributed by atoms with Crippen molar-refractivity contribution in [3.8, 4) is 5.75 Å². The standard InChI is InChI=1S/C22H33BrN6O3/c1-2-3-4-5-6-10-13-32-19-15-17(18(29(30)31)14-16(19)23)28-21(25)26-20(24)27-22(28)11-8-7-9-12-22/h14-15H,2-13H2,1H3,(H4,24,25,26,27). The number of hydrogen-bond donors (Lipinski definition) is 2. The van der Waals surface area contributed by atoms with Crippen molar-refractivity contribution in [1.29, 1.82) is 0 Å². The average molecular weight is 509 g/mol. The number of guanidine groups is 2. The molecule has 0 aromatic heterocycles. The van der Waals surface area contributed by atoms with Gasteiger partial charge < -0.3 is 16.2 Å². The fourth-order valence-corrected chi connectivity index (χ4v) is 4.95. The molecule has 0 saturated heterocycles. The van der Waals surface area contributed by atoms with Crippen LogP contribution in [0.25, 0.3) is 0 Å². The zero-order chi connectivity index (χ0) is 23.1. The lowest BCUT2D eigenvalue weighted by molar-refractivity contribution is -0.384. The number of nitro groups is 1. The number of anilines is 1. The highest BCUT2D eigenvalue weighted by atomic mass is 79.9. The van der Waals surface area contributed by atoms with Crippen LogP contribution >= 0.6 is 15.9 Å². The highest BCUT2D eigenvalue weighted by Crippen LogP contribution is 2.45. The molecule has 1 saturated carbocycles. The molecule has 32 heavy (non-hydrogen) atoms. The van der Waals surface area contributed by atoms with Crippen molar-refractivity contribution in [2.45, 2.75) is 83.2 Å². The highest BCUT2D eigenvalue weighted by Gasteiger charge is 2.45. The number of rotatable bonds is 10. The van der Waals surface area contributed by atoms with Crippen LogP contribution in [0.1, 0.15) is 77.6 Å². The van der Waals surface area contributed by atoms with E-state index in [0.717, 1.165) is 32.1 Å². The van der Waals surface area contributed by atoms with Crippen LogP contribution in [-0.4, -0.2) is 29.1 Å². The topological polar surface area (TPSA) is 132 Å². The molecule has 1 aliphatic carbocycles. The SMILES string of the molecule is CCCCCCCCOc1cc(N2C(N)=NC(N)=NC23CCCCC3)c([N+](=O)[O-])cc1Br. The Morgan fingerprint density at radius 3 is 2.53 bits per heavy atom. The third kappa shape index (κ3) is 5.51. The van der Waals surface area contributed by atoms with Crippen LogP contribution in [0.4, 0.5) is 11.4 Å². The van der Waals surface area contributed by atoms with Crippen molar-refractivity contribution in [2.24, 2.45) is 21.5 Å². The Hall–Kier alpha value is -2.36.